The number of ether oxygens (including phenoxy) is 2. The number of hydrogen-bond acceptors (Lipinski definition) is 4. The number of halogens is 1. The zero-order chi connectivity index (χ0) is 11.8. The van der Waals surface area contributed by atoms with Gasteiger partial charge in [0.05, 0.1) is 14.2 Å². The van der Waals surface area contributed by atoms with Crippen LogP contribution in [0.1, 0.15) is 5.56 Å². The van der Waals surface area contributed by atoms with E-state index in [-0.39, 0.29) is 5.71 Å². The first-order valence-corrected chi connectivity index (χ1v) is 4.64. The molecule has 0 fully saturated rings. The molecule has 0 saturated carbocycles. The summed E-state index contributed by atoms with van der Waals surface area (Å²) in [5.41, 5.74) is 0.649. The summed E-state index contributed by atoms with van der Waals surface area (Å²) in [6, 6.07) is 6.63. The average Bonchev–Trinajstić information content (AvgIpc) is 3.02. The van der Waals surface area contributed by atoms with Crippen LogP contribution in [0.5, 0.6) is 5.75 Å². The number of carbonyl (C=O) groups is 1. The average molecular weight is 223 g/mol. The molecule has 5 heteroatoms. The highest BCUT2D eigenvalue weighted by atomic mass is 19.1. The second-order valence-corrected chi connectivity index (χ2v) is 3.30. The van der Waals surface area contributed by atoms with E-state index in [1.807, 2.05) is 0 Å². The first kappa shape index (κ1) is 10.6. The van der Waals surface area contributed by atoms with Crippen molar-refractivity contribution < 1.29 is 18.7 Å². The smallest absolute Gasteiger partial charge is 0.373 e. The van der Waals surface area contributed by atoms with Gasteiger partial charge in [-0.05, 0) is 24.3 Å². The van der Waals surface area contributed by atoms with E-state index in [0.29, 0.717) is 11.3 Å². The maximum absolute atomic E-state index is 13.7. The fourth-order valence-corrected chi connectivity index (χ4v) is 1.41. The second kappa shape index (κ2) is 3.59. The highest BCUT2D eigenvalue weighted by Crippen LogP contribution is 2.35. The Bertz CT molecular complexity index is 455. The normalized spacial score (nSPS) is 22.3. The Morgan fingerprint density at radius 1 is 1.31 bits per heavy atom. The third kappa shape index (κ3) is 1.54. The lowest BCUT2D eigenvalue weighted by molar-refractivity contribution is -0.147. The third-order valence-electron chi connectivity index (χ3n) is 2.35. The maximum atomic E-state index is 13.7. The van der Waals surface area contributed by atoms with Gasteiger partial charge in [-0.15, -0.1) is 0 Å². The number of carbonyl (C=O) groups excluding carboxylic acids is 1. The fraction of sp³-hybridized carbons (Fsp3) is 0.273. The van der Waals surface area contributed by atoms with Gasteiger partial charge in [0.15, 0.2) is 0 Å². The molecule has 1 atom stereocenters. The summed E-state index contributed by atoms with van der Waals surface area (Å²) in [6.07, 6.45) is 0. The van der Waals surface area contributed by atoms with Gasteiger partial charge in [-0.25, -0.2) is 9.79 Å². The Balaban J connectivity index is 2.16. The molecule has 0 N–H and O–H groups in total. The van der Waals surface area contributed by atoms with E-state index in [9.17, 15) is 9.18 Å². The molecule has 1 unspecified atom stereocenters. The number of hydrogen-bond donors (Lipinski definition) is 0. The van der Waals surface area contributed by atoms with Crippen LogP contribution in [0.2, 0.25) is 0 Å². The Kier molecular flexibility index (Phi) is 2.38. The summed E-state index contributed by atoms with van der Waals surface area (Å²) in [6.45, 7) is 0. The Morgan fingerprint density at radius 3 is 2.44 bits per heavy atom. The van der Waals surface area contributed by atoms with E-state index in [1.54, 1.807) is 24.3 Å². The molecule has 0 aromatic heterocycles. The summed E-state index contributed by atoms with van der Waals surface area (Å²) >= 11 is 0. The van der Waals surface area contributed by atoms with Crippen LogP contribution < -0.4 is 4.74 Å². The zero-order valence-corrected chi connectivity index (χ0v) is 8.86. The van der Waals surface area contributed by atoms with Crippen LogP contribution in [0, 0.1) is 0 Å². The van der Waals surface area contributed by atoms with E-state index in [2.05, 4.69) is 9.73 Å². The standard InChI is InChI=1S/C11H10FNO3/c1-15-8-5-3-7(4-6-8)9-11(12,13-9)10(14)16-2/h3-6H,1-2H3. The van der Waals surface area contributed by atoms with Crippen LogP contribution in [0.4, 0.5) is 4.39 Å². The highest BCUT2D eigenvalue weighted by molar-refractivity contribution is 6.27. The van der Waals surface area contributed by atoms with Crippen molar-refractivity contribution in [3.63, 3.8) is 0 Å². The van der Waals surface area contributed by atoms with Gasteiger partial charge in [-0.3, -0.25) is 0 Å². The van der Waals surface area contributed by atoms with Crippen molar-refractivity contribution in [2.75, 3.05) is 14.2 Å². The molecule has 16 heavy (non-hydrogen) atoms. The number of methoxy groups -OCH3 is 2. The van der Waals surface area contributed by atoms with Crippen molar-refractivity contribution >= 4 is 11.7 Å². The van der Waals surface area contributed by atoms with Crippen molar-refractivity contribution in [2.24, 2.45) is 4.99 Å². The molecular weight excluding hydrogens is 213 g/mol. The largest absolute Gasteiger partial charge is 0.497 e. The molecule has 0 radical (unpaired) electrons. The molecule has 1 aromatic rings. The monoisotopic (exact) mass is 223 g/mol. The van der Waals surface area contributed by atoms with E-state index in [0.717, 1.165) is 7.11 Å². The third-order valence-corrected chi connectivity index (χ3v) is 2.35. The molecule has 0 aliphatic carbocycles. The Labute approximate surface area is 91.7 Å². The van der Waals surface area contributed by atoms with E-state index in [4.69, 9.17) is 4.74 Å². The molecule has 0 bridgehead atoms. The van der Waals surface area contributed by atoms with Crippen LogP contribution in [-0.4, -0.2) is 31.7 Å². The Hall–Kier alpha value is -1.91. The zero-order valence-electron chi connectivity index (χ0n) is 8.86. The maximum Gasteiger partial charge on any atom is 0.373 e. The first-order chi connectivity index (χ1) is 7.61. The number of aliphatic imine (C=N–C) groups is 1. The minimum atomic E-state index is -2.29. The van der Waals surface area contributed by atoms with E-state index >= 15 is 0 Å². The van der Waals surface area contributed by atoms with Crippen LogP contribution in [0.15, 0.2) is 29.3 Å². The lowest BCUT2D eigenvalue weighted by Gasteiger charge is -2.03. The molecule has 4 nitrogen and oxygen atoms in total. The van der Waals surface area contributed by atoms with Crippen molar-refractivity contribution in [1.82, 2.24) is 0 Å². The van der Waals surface area contributed by atoms with Gasteiger partial charge in [0.25, 0.3) is 0 Å². The topological polar surface area (TPSA) is 47.9 Å². The fourth-order valence-electron chi connectivity index (χ4n) is 1.41. The molecule has 1 heterocycles. The number of benzene rings is 1. The van der Waals surface area contributed by atoms with Crippen LogP contribution in [0.25, 0.3) is 0 Å². The molecule has 1 aliphatic rings. The number of rotatable bonds is 3. The van der Waals surface area contributed by atoms with Crippen LogP contribution in [-0.2, 0) is 9.53 Å². The number of nitrogens with zero attached hydrogens (tertiary/aromatic N) is 1. The Morgan fingerprint density at radius 2 is 1.94 bits per heavy atom. The minimum Gasteiger partial charge on any atom is -0.497 e. The van der Waals surface area contributed by atoms with E-state index in [1.165, 1.54) is 7.11 Å². The van der Waals surface area contributed by atoms with Gasteiger partial charge in [-0.1, -0.05) is 0 Å². The van der Waals surface area contributed by atoms with Gasteiger partial charge in [-0.2, -0.15) is 4.39 Å². The van der Waals surface area contributed by atoms with Crippen LogP contribution in [0.3, 0.4) is 0 Å². The predicted octanol–water partition coefficient (Wildman–Crippen LogP) is 1.34. The van der Waals surface area contributed by atoms with Crippen molar-refractivity contribution in [1.29, 1.82) is 0 Å². The van der Waals surface area contributed by atoms with Gasteiger partial charge in [0, 0.05) is 5.56 Å². The summed E-state index contributed by atoms with van der Waals surface area (Å²) in [7, 11) is 2.67. The van der Waals surface area contributed by atoms with Gasteiger partial charge >= 0.3 is 11.8 Å². The SMILES string of the molecule is COC(=O)C1(F)N=C1c1ccc(OC)cc1. The lowest BCUT2D eigenvalue weighted by Crippen LogP contribution is -2.26. The molecular formula is C11H10FNO3. The van der Waals surface area contributed by atoms with Gasteiger partial charge < -0.3 is 9.47 Å². The van der Waals surface area contributed by atoms with Gasteiger partial charge in [0.1, 0.15) is 11.5 Å². The van der Waals surface area contributed by atoms with Crippen molar-refractivity contribution in [3.8, 4) is 5.75 Å². The molecule has 1 aromatic carbocycles. The molecule has 0 saturated heterocycles. The number of esters is 1. The molecule has 84 valence electrons. The van der Waals surface area contributed by atoms with Crippen molar-refractivity contribution in [2.45, 2.75) is 5.79 Å². The lowest BCUT2D eigenvalue weighted by atomic mass is 10.1. The van der Waals surface area contributed by atoms with E-state index < -0.39 is 11.8 Å². The highest BCUT2D eigenvalue weighted by Gasteiger charge is 2.57. The molecule has 0 amide bonds. The summed E-state index contributed by atoms with van der Waals surface area (Å²) in [5.74, 6) is -2.62. The minimum absolute atomic E-state index is 0.0991. The summed E-state index contributed by atoms with van der Waals surface area (Å²) in [5, 5.41) is 0. The second-order valence-electron chi connectivity index (χ2n) is 3.30. The quantitative estimate of drug-likeness (QED) is 0.573. The summed E-state index contributed by atoms with van der Waals surface area (Å²) < 4.78 is 23.0. The molecule has 0 spiro atoms. The number of alkyl halides is 1. The molecule has 2 rings (SSSR count). The van der Waals surface area contributed by atoms with Crippen molar-refractivity contribution in [3.05, 3.63) is 29.8 Å². The first-order valence-electron chi connectivity index (χ1n) is 4.64. The molecule has 1 aliphatic heterocycles. The predicted molar refractivity (Wildman–Crippen MR) is 55.4 cm³/mol. The van der Waals surface area contributed by atoms with Crippen LogP contribution >= 0.6 is 0 Å². The van der Waals surface area contributed by atoms with Gasteiger partial charge in [0.2, 0.25) is 0 Å². The summed E-state index contributed by atoms with van der Waals surface area (Å²) in [4.78, 5) is 14.6.